The lowest BCUT2D eigenvalue weighted by molar-refractivity contribution is -0.153. The monoisotopic (exact) mass is 346 g/mol. The lowest BCUT2D eigenvalue weighted by Gasteiger charge is -2.26. The molecular weight excluding hydrogens is 320 g/mol. The number of hydrogen-bond donors (Lipinski definition) is 2. The predicted molar refractivity (Wildman–Crippen MR) is 93.4 cm³/mol. The van der Waals surface area contributed by atoms with Gasteiger partial charge in [-0.1, -0.05) is 44.2 Å². The lowest BCUT2D eigenvalue weighted by Crippen LogP contribution is -2.54. The van der Waals surface area contributed by atoms with Gasteiger partial charge in [-0.15, -0.1) is 0 Å². The van der Waals surface area contributed by atoms with Crippen molar-refractivity contribution in [3.05, 3.63) is 35.9 Å². The van der Waals surface area contributed by atoms with Crippen molar-refractivity contribution in [1.29, 1.82) is 0 Å². The number of rotatable bonds is 9. The van der Waals surface area contributed by atoms with Gasteiger partial charge in [0.25, 0.3) is 0 Å². The van der Waals surface area contributed by atoms with Crippen LogP contribution in [0.5, 0.6) is 0 Å². The second-order valence-corrected chi connectivity index (χ2v) is 6.98. The Morgan fingerprint density at radius 2 is 1.84 bits per heavy atom. The largest absolute Gasteiger partial charge is 0.480 e. The van der Waals surface area contributed by atoms with Crippen LogP contribution in [0.3, 0.4) is 0 Å². The van der Waals surface area contributed by atoms with E-state index in [0.29, 0.717) is 12.8 Å². The topological polar surface area (TPSA) is 86.7 Å². The molecule has 2 rings (SSSR count). The normalized spacial score (nSPS) is 15.0. The smallest absolute Gasteiger partial charge is 0.322 e. The van der Waals surface area contributed by atoms with Gasteiger partial charge in [-0.2, -0.15) is 0 Å². The summed E-state index contributed by atoms with van der Waals surface area (Å²) in [5.41, 5.74) is 3.68. The van der Waals surface area contributed by atoms with Crippen molar-refractivity contribution in [2.24, 2.45) is 11.8 Å². The van der Waals surface area contributed by atoms with Crippen LogP contribution < -0.4 is 5.43 Å². The highest BCUT2D eigenvalue weighted by Gasteiger charge is 2.38. The molecule has 25 heavy (non-hydrogen) atoms. The number of hydrogen-bond acceptors (Lipinski definition) is 4. The van der Waals surface area contributed by atoms with E-state index in [1.54, 1.807) is 0 Å². The van der Waals surface area contributed by atoms with Gasteiger partial charge in [-0.05, 0) is 37.2 Å². The van der Waals surface area contributed by atoms with Crippen LogP contribution in [0.15, 0.2) is 30.3 Å². The van der Waals surface area contributed by atoms with Gasteiger partial charge in [0.1, 0.15) is 6.04 Å². The first kappa shape index (κ1) is 19.1. The molecule has 0 aromatic heterocycles. The molecule has 1 aliphatic carbocycles. The molecule has 136 valence electrons. The third kappa shape index (κ3) is 5.98. The highest BCUT2D eigenvalue weighted by Crippen LogP contribution is 2.31. The Labute approximate surface area is 148 Å². The number of aryl methyl sites for hydroxylation is 1. The second-order valence-electron chi connectivity index (χ2n) is 6.98. The van der Waals surface area contributed by atoms with E-state index >= 15 is 0 Å². The van der Waals surface area contributed by atoms with Crippen LogP contribution in [0.2, 0.25) is 0 Å². The van der Waals surface area contributed by atoms with Crippen LogP contribution >= 0.6 is 0 Å². The number of aliphatic carboxylic acids is 1. The molecular formula is C19H26N2O4. The summed E-state index contributed by atoms with van der Waals surface area (Å²) in [4.78, 5) is 36.5. The number of nitrogens with one attached hydrogen (secondary N) is 1. The maximum atomic E-state index is 12.6. The van der Waals surface area contributed by atoms with Crippen LogP contribution in [-0.4, -0.2) is 33.9 Å². The van der Waals surface area contributed by atoms with Crippen molar-refractivity contribution in [3.8, 4) is 0 Å². The number of nitrogens with zero attached hydrogens (tertiary/aromatic N) is 1. The summed E-state index contributed by atoms with van der Waals surface area (Å²) in [7, 11) is 0. The van der Waals surface area contributed by atoms with Crippen LogP contribution in [0.4, 0.5) is 0 Å². The minimum atomic E-state index is -1.06. The molecule has 0 saturated heterocycles. The van der Waals surface area contributed by atoms with E-state index in [0.717, 1.165) is 23.4 Å². The molecule has 1 saturated carbocycles. The molecule has 0 aliphatic heterocycles. The molecule has 0 bridgehead atoms. The van der Waals surface area contributed by atoms with Crippen molar-refractivity contribution in [3.63, 3.8) is 0 Å². The fraction of sp³-hybridized carbons (Fsp3) is 0.526. The zero-order valence-electron chi connectivity index (χ0n) is 14.8. The van der Waals surface area contributed by atoms with E-state index in [2.05, 4.69) is 5.43 Å². The number of carboxylic acid groups (broad SMARTS) is 1. The molecule has 6 nitrogen and oxygen atoms in total. The molecule has 0 unspecified atom stereocenters. The highest BCUT2D eigenvalue weighted by molar-refractivity contribution is 5.97. The molecule has 2 N–H and O–H groups in total. The van der Waals surface area contributed by atoms with Gasteiger partial charge in [-0.25, -0.2) is 10.4 Å². The Kier molecular flexibility index (Phi) is 6.70. The van der Waals surface area contributed by atoms with E-state index in [-0.39, 0.29) is 30.1 Å². The van der Waals surface area contributed by atoms with Crippen molar-refractivity contribution in [1.82, 2.24) is 10.4 Å². The molecule has 0 radical (unpaired) electrons. The van der Waals surface area contributed by atoms with E-state index < -0.39 is 12.0 Å². The standard InChI is InChI=1S/C19H26N2O4/c1-13(2)12-16(19(24)25)20-21(18(23)15-9-10-15)17(22)11-8-14-6-4-3-5-7-14/h3-7,13,15-16,20H,8-12H2,1-2H3,(H,24,25)/t16-/m0/s1. The maximum absolute atomic E-state index is 12.6. The van der Waals surface area contributed by atoms with Gasteiger partial charge in [-0.3, -0.25) is 14.4 Å². The number of carbonyl (C=O) groups excluding carboxylic acids is 2. The van der Waals surface area contributed by atoms with Crippen molar-refractivity contribution in [2.45, 2.75) is 52.0 Å². The van der Waals surface area contributed by atoms with Gasteiger partial charge in [0, 0.05) is 12.3 Å². The van der Waals surface area contributed by atoms with Gasteiger partial charge in [0.05, 0.1) is 0 Å². The number of imide groups is 1. The molecule has 1 fully saturated rings. The summed E-state index contributed by atoms with van der Waals surface area (Å²) in [5.74, 6) is -1.78. The lowest BCUT2D eigenvalue weighted by atomic mass is 10.0. The Bertz CT molecular complexity index is 611. The Morgan fingerprint density at radius 3 is 2.36 bits per heavy atom. The van der Waals surface area contributed by atoms with E-state index in [4.69, 9.17) is 0 Å². The molecule has 1 aliphatic rings. The summed E-state index contributed by atoms with van der Waals surface area (Å²) < 4.78 is 0. The fourth-order valence-corrected chi connectivity index (χ4v) is 2.62. The van der Waals surface area contributed by atoms with Gasteiger partial charge >= 0.3 is 5.97 Å². The van der Waals surface area contributed by atoms with Crippen LogP contribution in [0, 0.1) is 11.8 Å². The number of benzene rings is 1. The average molecular weight is 346 g/mol. The Morgan fingerprint density at radius 1 is 1.20 bits per heavy atom. The Balaban J connectivity index is 2.04. The fourth-order valence-electron chi connectivity index (χ4n) is 2.62. The third-order valence-electron chi connectivity index (χ3n) is 4.16. The first-order chi connectivity index (χ1) is 11.9. The SMILES string of the molecule is CC(C)C[C@H](NN(C(=O)CCc1ccccc1)C(=O)C1CC1)C(=O)O. The molecule has 1 atom stereocenters. The number of amides is 2. The van der Waals surface area contributed by atoms with Crippen molar-refractivity contribution in [2.75, 3.05) is 0 Å². The minimum Gasteiger partial charge on any atom is -0.480 e. The van der Waals surface area contributed by atoms with E-state index in [1.807, 2.05) is 44.2 Å². The van der Waals surface area contributed by atoms with E-state index in [1.165, 1.54) is 0 Å². The zero-order valence-corrected chi connectivity index (χ0v) is 14.8. The molecule has 6 heteroatoms. The van der Waals surface area contributed by atoms with Crippen LogP contribution in [-0.2, 0) is 20.8 Å². The number of hydrazine groups is 1. The van der Waals surface area contributed by atoms with Gasteiger partial charge in [0.2, 0.25) is 11.8 Å². The van der Waals surface area contributed by atoms with Gasteiger partial charge in [0.15, 0.2) is 0 Å². The molecule has 1 aromatic rings. The Hall–Kier alpha value is -2.21. The highest BCUT2D eigenvalue weighted by atomic mass is 16.4. The average Bonchev–Trinajstić information content (AvgIpc) is 3.41. The van der Waals surface area contributed by atoms with E-state index in [9.17, 15) is 19.5 Å². The number of carboxylic acids is 1. The summed E-state index contributed by atoms with van der Waals surface area (Å²) in [5, 5.41) is 10.3. The maximum Gasteiger partial charge on any atom is 0.322 e. The molecule has 0 spiro atoms. The summed E-state index contributed by atoms with van der Waals surface area (Å²) in [6.07, 6.45) is 2.52. The number of carbonyl (C=O) groups is 3. The summed E-state index contributed by atoms with van der Waals surface area (Å²) >= 11 is 0. The molecule has 2 amide bonds. The third-order valence-corrected chi connectivity index (χ3v) is 4.16. The van der Waals surface area contributed by atoms with Gasteiger partial charge < -0.3 is 5.11 Å². The summed E-state index contributed by atoms with van der Waals surface area (Å²) in [6.45, 7) is 3.81. The van der Waals surface area contributed by atoms with Crippen LogP contribution in [0.25, 0.3) is 0 Å². The molecule has 1 aromatic carbocycles. The van der Waals surface area contributed by atoms with Crippen molar-refractivity contribution < 1.29 is 19.5 Å². The first-order valence-corrected chi connectivity index (χ1v) is 8.78. The second kappa shape index (κ2) is 8.76. The van der Waals surface area contributed by atoms with Crippen molar-refractivity contribution >= 4 is 17.8 Å². The van der Waals surface area contributed by atoms with Crippen LogP contribution in [0.1, 0.15) is 45.1 Å². The predicted octanol–water partition coefficient (Wildman–Crippen LogP) is 2.39. The zero-order chi connectivity index (χ0) is 18.4. The first-order valence-electron chi connectivity index (χ1n) is 8.78. The minimum absolute atomic E-state index is 0.130. The molecule has 0 heterocycles. The summed E-state index contributed by atoms with van der Waals surface area (Å²) in [6, 6.07) is 8.59. The quantitative estimate of drug-likeness (QED) is 0.671.